The molecule has 0 radical (unpaired) electrons. The fourth-order valence-corrected chi connectivity index (χ4v) is 2.41. The van der Waals surface area contributed by atoms with Crippen molar-refractivity contribution in [3.8, 4) is 11.5 Å². The predicted molar refractivity (Wildman–Crippen MR) is 70.0 cm³/mol. The predicted octanol–water partition coefficient (Wildman–Crippen LogP) is 1.76. The molecule has 5 heteroatoms. The molecule has 0 spiro atoms. The molecule has 0 amide bonds. The molecule has 2 aliphatic rings. The van der Waals surface area contributed by atoms with Crippen LogP contribution in [0.3, 0.4) is 0 Å². The molecule has 0 bridgehead atoms. The van der Waals surface area contributed by atoms with Gasteiger partial charge in [0.05, 0.1) is 5.41 Å². The molecule has 1 aliphatic carbocycles. The van der Waals surface area contributed by atoms with Crippen molar-refractivity contribution in [1.82, 2.24) is 0 Å². The van der Waals surface area contributed by atoms with Gasteiger partial charge in [0.2, 0.25) is 0 Å². The molecule has 0 unspecified atom stereocenters. The van der Waals surface area contributed by atoms with Gasteiger partial charge in [0.1, 0.15) is 13.2 Å². The highest BCUT2D eigenvalue weighted by Gasteiger charge is 2.50. The van der Waals surface area contributed by atoms with Crippen molar-refractivity contribution in [3.05, 3.63) is 18.2 Å². The van der Waals surface area contributed by atoms with Gasteiger partial charge < -0.3 is 19.5 Å². The number of hydrogen-bond donors (Lipinski definition) is 1. The first-order chi connectivity index (χ1) is 9.11. The normalized spacial score (nSPS) is 18.8. The summed E-state index contributed by atoms with van der Waals surface area (Å²) in [5.41, 5.74) is 0.402. The summed E-state index contributed by atoms with van der Waals surface area (Å²) in [5, 5.41) is 9.22. The Kier molecular flexibility index (Phi) is 2.77. The minimum Gasteiger partial charge on any atom is -0.486 e. The van der Waals surface area contributed by atoms with Gasteiger partial charge in [0, 0.05) is 25.3 Å². The Bertz CT molecular complexity index is 510. The summed E-state index contributed by atoms with van der Waals surface area (Å²) in [6.45, 7) is 1.66. The SMILES string of the molecule is CN(CC1(C(=O)O)CC1)c1ccc2c(c1)OCCO2. The third-order valence-electron chi connectivity index (χ3n) is 3.81. The van der Waals surface area contributed by atoms with Crippen molar-refractivity contribution in [1.29, 1.82) is 0 Å². The molecule has 1 aliphatic heterocycles. The van der Waals surface area contributed by atoms with Crippen molar-refractivity contribution in [2.75, 3.05) is 31.7 Å². The van der Waals surface area contributed by atoms with E-state index in [-0.39, 0.29) is 0 Å². The lowest BCUT2D eigenvalue weighted by Crippen LogP contribution is -2.31. The molecule has 1 N–H and O–H groups in total. The van der Waals surface area contributed by atoms with E-state index in [1.54, 1.807) is 0 Å². The second kappa shape index (κ2) is 4.33. The van der Waals surface area contributed by atoms with Crippen LogP contribution in [0, 0.1) is 5.41 Å². The summed E-state index contributed by atoms with van der Waals surface area (Å²) < 4.78 is 11.0. The third-order valence-corrected chi connectivity index (χ3v) is 3.81. The van der Waals surface area contributed by atoms with E-state index < -0.39 is 11.4 Å². The first kappa shape index (κ1) is 12.1. The molecule has 1 aromatic carbocycles. The summed E-state index contributed by atoms with van der Waals surface area (Å²) in [7, 11) is 1.91. The van der Waals surface area contributed by atoms with Gasteiger partial charge in [0.15, 0.2) is 11.5 Å². The topological polar surface area (TPSA) is 59.0 Å². The van der Waals surface area contributed by atoms with Crippen LogP contribution in [0.1, 0.15) is 12.8 Å². The molecule has 19 heavy (non-hydrogen) atoms. The number of benzene rings is 1. The Labute approximate surface area is 111 Å². The van der Waals surface area contributed by atoms with Crippen LogP contribution in [0.15, 0.2) is 18.2 Å². The van der Waals surface area contributed by atoms with Gasteiger partial charge in [-0.25, -0.2) is 0 Å². The van der Waals surface area contributed by atoms with Crippen LogP contribution < -0.4 is 14.4 Å². The minimum atomic E-state index is -0.697. The van der Waals surface area contributed by atoms with Crippen LogP contribution in [0.4, 0.5) is 5.69 Å². The van der Waals surface area contributed by atoms with Gasteiger partial charge in [0.25, 0.3) is 0 Å². The minimum absolute atomic E-state index is 0.530. The summed E-state index contributed by atoms with van der Waals surface area (Å²) in [6.07, 6.45) is 1.52. The van der Waals surface area contributed by atoms with Gasteiger partial charge in [-0.2, -0.15) is 0 Å². The molecular formula is C14H17NO4. The third kappa shape index (κ3) is 2.20. The van der Waals surface area contributed by atoms with Crippen LogP contribution in [0.2, 0.25) is 0 Å². The van der Waals surface area contributed by atoms with Crippen LogP contribution in [0.5, 0.6) is 11.5 Å². The molecule has 0 aromatic heterocycles. The van der Waals surface area contributed by atoms with Crippen molar-refractivity contribution >= 4 is 11.7 Å². The molecule has 0 atom stereocenters. The lowest BCUT2D eigenvalue weighted by Gasteiger charge is -2.25. The van der Waals surface area contributed by atoms with E-state index >= 15 is 0 Å². The van der Waals surface area contributed by atoms with Gasteiger partial charge in [-0.1, -0.05) is 0 Å². The van der Waals surface area contributed by atoms with Gasteiger partial charge in [-0.3, -0.25) is 4.79 Å². The van der Waals surface area contributed by atoms with Crippen molar-refractivity contribution in [2.24, 2.45) is 5.41 Å². The highest BCUT2D eigenvalue weighted by Crippen LogP contribution is 2.47. The van der Waals surface area contributed by atoms with Crippen molar-refractivity contribution in [2.45, 2.75) is 12.8 Å². The monoisotopic (exact) mass is 263 g/mol. The van der Waals surface area contributed by atoms with Gasteiger partial charge >= 0.3 is 5.97 Å². The number of carboxylic acid groups (broad SMARTS) is 1. The first-order valence-electron chi connectivity index (χ1n) is 6.45. The van der Waals surface area contributed by atoms with E-state index in [1.165, 1.54) is 0 Å². The van der Waals surface area contributed by atoms with E-state index in [0.29, 0.717) is 19.8 Å². The number of aliphatic carboxylic acids is 1. The standard InChI is InChI=1S/C14H17NO4/c1-15(9-14(4-5-14)13(16)17)10-2-3-11-12(8-10)19-7-6-18-11/h2-3,8H,4-7,9H2,1H3,(H,16,17). The van der Waals surface area contributed by atoms with Gasteiger partial charge in [-0.15, -0.1) is 0 Å². The lowest BCUT2D eigenvalue weighted by molar-refractivity contribution is -0.142. The van der Waals surface area contributed by atoms with Crippen LogP contribution in [0.25, 0.3) is 0 Å². The van der Waals surface area contributed by atoms with E-state index in [0.717, 1.165) is 30.0 Å². The number of anilines is 1. The summed E-state index contributed by atoms with van der Waals surface area (Å²) >= 11 is 0. The molecule has 1 aromatic rings. The number of carbonyl (C=O) groups is 1. The van der Waals surface area contributed by atoms with E-state index in [2.05, 4.69) is 0 Å². The largest absolute Gasteiger partial charge is 0.486 e. The molecule has 102 valence electrons. The summed E-state index contributed by atoms with van der Waals surface area (Å²) in [6, 6.07) is 5.72. The number of hydrogen-bond acceptors (Lipinski definition) is 4. The summed E-state index contributed by atoms with van der Waals surface area (Å²) in [5.74, 6) is 0.787. The maximum Gasteiger partial charge on any atom is 0.311 e. The fraction of sp³-hybridized carbons (Fsp3) is 0.500. The Hall–Kier alpha value is -1.91. The molecule has 1 fully saturated rings. The molecule has 3 rings (SSSR count). The second-order valence-electron chi connectivity index (χ2n) is 5.27. The first-order valence-corrected chi connectivity index (χ1v) is 6.45. The molecule has 0 saturated heterocycles. The molecule has 1 saturated carbocycles. The van der Waals surface area contributed by atoms with Crippen molar-refractivity contribution in [3.63, 3.8) is 0 Å². The Morgan fingerprint density at radius 1 is 1.32 bits per heavy atom. The zero-order valence-electron chi connectivity index (χ0n) is 10.9. The second-order valence-corrected chi connectivity index (χ2v) is 5.27. The number of fused-ring (bicyclic) bond motifs is 1. The maximum atomic E-state index is 11.2. The Balaban J connectivity index is 1.77. The highest BCUT2D eigenvalue weighted by atomic mass is 16.6. The Morgan fingerprint density at radius 3 is 2.63 bits per heavy atom. The zero-order valence-corrected chi connectivity index (χ0v) is 10.9. The Morgan fingerprint density at radius 2 is 2.00 bits per heavy atom. The fourth-order valence-electron chi connectivity index (χ4n) is 2.41. The number of nitrogens with zero attached hydrogens (tertiary/aromatic N) is 1. The number of rotatable bonds is 4. The zero-order chi connectivity index (χ0) is 13.5. The quantitative estimate of drug-likeness (QED) is 0.897. The highest BCUT2D eigenvalue weighted by molar-refractivity contribution is 5.78. The molecule has 1 heterocycles. The smallest absolute Gasteiger partial charge is 0.311 e. The van der Waals surface area contributed by atoms with Crippen LogP contribution in [-0.2, 0) is 4.79 Å². The van der Waals surface area contributed by atoms with E-state index in [4.69, 9.17) is 9.47 Å². The lowest BCUT2D eigenvalue weighted by atomic mass is 10.1. The average Bonchev–Trinajstić information content (AvgIpc) is 3.19. The van der Waals surface area contributed by atoms with Crippen LogP contribution in [-0.4, -0.2) is 37.9 Å². The van der Waals surface area contributed by atoms with Crippen molar-refractivity contribution < 1.29 is 19.4 Å². The molecular weight excluding hydrogens is 246 g/mol. The van der Waals surface area contributed by atoms with Crippen LogP contribution >= 0.6 is 0 Å². The number of ether oxygens (including phenoxy) is 2. The number of carboxylic acids is 1. The van der Waals surface area contributed by atoms with E-state index in [9.17, 15) is 9.90 Å². The van der Waals surface area contributed by atoms with Gasteiger partial charge in [-0.05, 0) is 25.0 Å². The summed E-state index contributed by atoms with van der Waals surface area (Å²) in [4.78, 5) is 13.2. The molecule has 5 nitrogen and oxygen atoms in total. The maximum absolute atomic E-state index is 11.2. The average molecular weight is 263 g/mol. The van der Waals surface area contributed by atoms with E-state index in [1.807, 2.05) is 30.1 Å².